The maximum Gasteiger partial charge on any atom is 0.0938 e. The van der Waals surface area contributed by atoms with Gasteiger partial charge in [0, 0.05) is 19.1 Å². The Hall–Kier alpha value is -0.0900. The average molecular weight is 209 g/mol. The number of nitrogens with one attached hydrogen (secondary N) is 1. The number of halogens is 1. The van der Waals surface area contributed by atoms with Gasteiger partial charge in [-0.05, 0) is 12.8 Å². The van der Waals surface area contributed by atoms with Crippen molar-refractivity contribution in [1.29, 1.82) is 5.41 Å². The van der Waals surface area contributed by atoms with Crippen molar-refractivity contribution in [2.75, 3.05) is 13.2 Å². The van der Waals surface area contributed by atoms with Crippen LogP contribution in [0.25, 0.3) is 0 Å². The maximum atomic E-state index is 7.11. The molecule has 0 aromatic carbocycles. The smallest absolute Gasteiger partial charge is 0.0938 e. The Morgan fingerprint density at radius 2 is 1.90 bits per heavy atom. The zero-order valence-electron chi connectivity index (χ0n) is 5.80. The van der Waals surface area contributed by atoms with Crippen LogP contribution in [0.15, 0.2) is 0 Å². The molecular formula is C6H13BrN2O. The van der Waals surface area contributed by atoms with Crippen LogP contribution in [0.5, 0.6) is 0 Å². The summed E-state index contributed by atoms with van der Waals surface area (Å²) in [6, 6.07) is 0. The van der Waals surface area contributed by atoms with E-state index in [9.17, 15) is 0 Å². The van der Waals surface area contributed by atoms with Gasteiger partial charge in [0.25, 0.3) is 0 Å². The van der Waals surface area contributed by atoms with Crippen LogP contribution in [0.1, 0.15) is 12.8 Å². The normalized spacial score (nSPS) is 19.6. The van der Waals surface area contributed by atoms with Gasteiger partial charge in [-0.25, -0.2) is 0 Å². The second-order valence-corrected chi connectivity index (χ2v) is 2.34. The van der Waals surface area contributed by atoms with Gasteiger partial charge in [0.15, 0.2) is 0 Å². The van der Waals surface area contributed by atoms with Gasteiger partial charge in [-0.15, -0.1) is 17.0 Å². The summed E-state index contributed by atoms with van der Waals surface area (Å²) >= 11 is 0. The highest BCUT2D eigenvalue weighted by molar-refractivity contribution is 8.93. The van der Waals surface area contributed by atoms with Crippen molar-refractivity contribution in [1.82, 2.24) is 0 Å². The highest BCUT2D eigenvalue weighted by Crippen LogP contribution is 2.13. The lowest BCUT2D eigenvalue weighted by Gasteiger charge is -2.19. The molecule has 0 atom stereocenters. The molecule has 0 spiro atoms. The van der Waals surface area contributed by atoms with Crippen LogP contribution >= 0.6 is 17.0 Å². The summed E-state index contributed by atoms with van der Waals surface area (Å²) in [4.78, 5) is 0. The van der Waals surface area contributed by atoms with Crippen LogP contribution in [0.4, 0.5) is 0 Å². The molecule has 0 saturated carbocycles. The zero-order valence-corrected chi connectivity index (χ0v) is 7.51. The van der Waals surface area contributed by atoms with Crippen molar-refractivity contribution < 1.29 is 4.74 Å². The maximum absolute atomic E-state index is 7.11. The Bertz CT molecular complexity index is 112. The van der Waals surface area contributed by atoms with Crippen LogP contribution in [-0.4, -0.2) is 19.0 Å². The van der Waals surface area contributed by atoms with E-state index in [1.165, 1.54) is 0 Å². The summed E-state index contributed by atoms with van der Waals surface area (Å²) in [6.45, 7) is 1.54. The summed E-state index contributed by atoms with van der Waals surface area (Å²) < 4.78 is 5.10. The van der Waals surface area contributed by atoms with E-state index < -0.39 is 0 Å². The Balaban J connectivity index is 0.000000810. The van der Waals surface area contributed by atoms with Crippen LogP contribution in [0.2, 0.25) is 0 Å². The standard InChI is InChI=1S/C6H12N2O.BrH/c7-6(8)5-1-3-9-4-2-5;/h5H,1-4H2,(H3,7,8);1H. The molecule has 3 N–H and O–H groups in total. The molecule has 0 unspecified atom stereocenters. The number of hydrogen-bond acceptors (Lipinski definition) is 2. The summed E-state index contributed by atoms with van der Waals surface area (Å²) in [5, 5.41) is 7.11. The predicted molar refractivity (Wildman–Crippen MR) is 45.8 cm³/mol. The largest absolute Gasteiger partial charge is 0.387 e. The van der Waals surface area contributed by atoms with Crippen molar-refractivity contribution in [3.05, 3.63) is 0 Å². The predicted octanol–water partition coefficient (Wildman–Crippen LogP) is 0.927. The average Bonchev–Trinajstić information content (AvgIpc) is 1.90. The molecule has 1 heterocycles. The Morgan fingerprint density at radius 3 is 2.20 bits per heavy atom. The van der Waals surface area contributed by atoms with Gasteiger partial charge in [-0.2, -0.15) is 0 Å². The summed E-state index contributed by atoms with van der Waals surface area (Å²) in [7, 11) is 0. The third-order valence-corrected chi connectivity index (χ3v) is 1.66. The molecule has 1 aliphatic rings. The van der Waals surface area contributed by atoms with Gasteiger partial charge in [0.05, 0.1) is 5.84 Å². The van der Waals surface area contributed by atoms with Gasteiger partial charge in [-0.3, -0.25) is 5.41 Å². The molecule has 10 heavy (non-hydrogen) atoms. The molecule has 0 bridgehead atoms. The van der Waals surface area contributed by atoms with Crippen molar-refractivity contribution >= 4 is 22.8 Å². The monoisotopic (exact) mass is 208 g/mol. The highest BCUT2D eigenvalue weighted by atomic mass is 79.9. The minimum atomic E-state index is 0. The van der Waals surface area contributed by atoms with Crippen molar-refractivity contribution in [2.45, 2.75) is 12.8 Å². The second-order valence-electron chi connectivity index (χ2n) is 2.34. The van der Waals surface area contributed by atoms with Crippen molar-refractivity contribution in [2.24, 2.45) is 11.7 Å². The van der Waals surface area contributed by atoms with E-state index >= 15 is 0 Å². The van der Waals surface area contributed by atoms with Crippen molar-refractivity contribution in [3.8, 4) is 0 Å². The van der Waals surface area contributed by atoms with Crippen molar-refractivity contribution in [3.63, 3.8) is 0 Å². The van der Waals surface area contributed by atoms with E-state index in [1.54, 1.807) is 0 Å². The molecule has 60 valence electrons. The summed E-state index contributed by atoms with van der Waals surface area (Å²) in [5.74, 6) is 0.608. The van der Waals surface area contributed by atoms with Gasteiger partial charge in [-0.1, -0.05) is 0 Å². The van der Waals surface area contributed by atoms with E-state index in [0.29, 0.717) is 11.8 Å². The van der Waals surface area contributed by atoms with E-state index in [1.807, 2.05) is 0 Å². The molecule has 0 amide bonds. The Kier molecular flexibility index (Phi) is 4.64. The Morgan fingerprint density at radius 1 is 1.40 bits per heavy atom. The van der Waals surface area contributed by atoms with E-state index in [2.05, 4.69) is 0 Å². The van der Waals surface area contributed by atoms with Crippen LogP contribution < -0.4 is 5.73 Å². The van der Waals surface area contributed by atoms with Gasteiger partial charge >= 0.3 is 0 Å². The molecule has 4 heteroatoms. The fraction of sp³-hybridized carbons (Fsp3) is 0.833. The first-order valence-electron chi connectivity index (χ1n) is 3.22. The van der Waals surface area contributed by atoms with E-state index in [-0.39, 0.29) is 17.0 Å². The molecule has 1 rings (SSSR count). The number of amidine groups is 1. The first kappa shape index (κ1) is 9.91. The lowest BCUT2D eigenvalue weighted by Crippen LogP contribution is -2.28. The number of nitrogens with two attached hydrogens (primary N) is 1. The molecule has 0 aliphatic carbocycles. The Labute approximate surface area is 71.2 Å². The summed E-state index contributed by atoms with van der Waals surface area (Å²) in [5.41, 5.74) is 5.29. The number of hydrogen-bond donors (Lipinski definition) is 2. The lowest BCUT2D eigenvalue weighted by atomic mass is 10.00. The van der Waals surface area contributed by atoms with Crippen LogP contribution in [0.3, 0.4) is 0 Å². The van der Waals surface area contributed by atoms with Crippen LogP contribution in [0, 0.1) is 11.3 Å². The number of rotatable bonds is 1. The minimum Gasteiger partial charge on any atom is -0.387 e. The van der Waals surface area contributed by atoms with E-state index in [0.717, 1.165) is 26.1 Å². The zero-order chi connectivity index (χ0) is 6.69. The molecule has 0 aromatic rings. The van der Waals surface area contributed by atoms with Gasteiger partial charge in [0.2, 0.25) is 0 Å². The van der Waals surface area contributed by atoms with Crippen LogP contribution in [-0.2, 0) is 4.74 Å². The molecule has 1 fully saturated rings. The fourth-order valence-electron chi connectivity index (χ4n) is 1.01. The topological polar surface area (TPSA) is 59.1 Å². The first-order valence-corrected chi connectivity index (χ1v) is 3.22. The SMILES string of the molecule is Br.N=C(N)C1CCOCC1. The molecule has 1 aliphatic heterocycles. The lowest BCUT2D eigenvalue weighted by molar-refractivity contribution is 0.0824. The highest BCUT2D eigenvalue weighted by Gasteiger charge is 2.15. The fourth-order valence-corrected chi connectivity index (χ4v) is 1.01. The molecule has 1 saturated heterocycles. The minimum absolute atomic E-state index is 0. The first-order chi connectivity index (χ1) is 4.30. The number of ether oxygens (including phenoxy) is 1. The molecule has 0 radical (unpaired) electrons. The third kappa shape index (κ3) is 2.66. The van der Waals surface area contributed by atoms with Gasteiger partial charge < -0.3 is 10.5 Å². The van der Waals surface area contributed by atoms with E-state index in [4.69, 9.17) is 15.9 Å². The quantitative estimate of drug-likeness (QED) is 0.498. The molecule has 3 nitrogen and oxygen atoms in total. The molecule has 0 aromatic heterocycles. The second kappa shape index (κ2) is 4.68. The summed E-state index contributed by atoms with van der Waals surface area (Å²) in [6.07, 6.45) is 1.85. The van der Waals surface area contributed by atoms with Gasteiger partial charge in [0.1, 0.15) is 0 Å². The molecular weight excluding hydrogens is 196 g/mol. The third-order valence-electron chi connectivity index (χ3n) is 1.66.